The number of unbranched alkanes of at least 4 members (excludes halogenated alkanes) is 18. The fourth-order valence-corrected chi connectivity index (χ4v) is 7.00. The fourth-order valence-electron chi connectivity index (χ4n) is 7.00. The van der Waals surface area contributed by atoms with Crippen molar-refractivity contribution in [1.82, 2.24) is 0 Å². The first kappa shape index (κ1) is 39.2. The summed E-state index contributed by atoms with van der Waals surface area (Å²) in [7, 11) is 0. The van der Waals surface area contributed by atoms with Gasteiger partial charge in [0.25, 0.3) is 0 Å². The van der Waals surface area contributed by atoms with Gasteiger partial charge in [-0.15, -0.1) is 0 Å². The predicted molar refractivity (Wildman–Crippen MR) is 221 cm³/mol. The Bertz CT molecular complexity index is 1360. The molecule has 0 aromatic heterocycles. The second-order valence-electron chi connectivity index (χ2n) is 14.7. The molecule has 4 aromatic carbocycles. The van der Waals surface area contributed by atoms with Gasteiger partial charge in [-0.25, -0.2) is 0 Å². The molecule has 0 saturated heterocycles. The van der Waals surface area contributed by atoms with Crippen molar-refractivity contribution in [3.8, 4) is 34.1 Å². The molecule has 0 N–H and O–H groups in total. The molecule has 4 aromatic rings. The summed E-state index contributed by atoms with van der Waals surface area (Å²) in [6.45, 7) is 4.58. The second kappa shape index (κ2) is 24.6. The molecule has 0 spiro atoms. The standard InChI is InChI=1S/C50H66/c1-3-5-7-9-11-13-15-17-19-21-23-43-27-35-47(36-28-43)49-39-31-45(32-40-49)25-26-46-33-41-50(42-34-46)48-37-29-44(30-38-48)24-22-20-18-16-14-12-10-8-6-4-2/h27-42H,3-24H2,1-2H3. The Morgan fingerprint density at radius 1 is 0.280 bits per heavy atom. The summed E-state index contributed by atoms with van der Waals surface area (Å²) >= 11 is 0. The Labute approximate surface area is 307 Å². The highest BCUT2D eigenvalue weighted by Gasteiger charge is 2.02. The Morgan fingerprint density at radius 2 is 0.520 bits per heavy atom. The van der Waals surface area contributed by atoms with E-state index in [1.54, 1.807) is 0 Å². The van der Waals surface area contributed by atoms with E-state index in [1.807, 2.05) is 0 Å². The fraction of sp³-hybridized carbons (Fsp3) is 0.480. The third kappa shape index (κ3) is 15.5. The van der Waals surface area contributed by atoms with Crippen LogP contribution in [0.25, 0.3) is 22.3 Å². The lowest BCUT2D eigenvalue weighted by atomic mass is 9.99. The van der Waals surface area contributed by atoms with Crippen LogP contribution in [-0.2, 0) is 12.8 Å². The normalized spacial score (nSPS) is 11.0. The second-order valence-corrected chi connectivity index (χ2v) is 14.7. The summed E-state index contributed by atoms with van der Waals surface area (Å²) in [5, 5.41) is 0. The van der Waals surface area contributed by atoms with Crippen molar-refractivity contribution in [2.75, 3.05) is 0 Å². The molecule has 0 aliphatic carbocycles. The average molecular weight is 667 g/mol. The first-order valence-corrected chi connectivity index (χ1v) is 20.7. The first-order chi connectivity index (χ1) is 24.7. The Balaban J connectivity index is 1.13. The molecule has 266 valence electrons. The van der Waals surface area contributed by atoms with Crippen LogP contribution in [0.1, 0.15) is 165 Å². The molecule has 0 amide bonds. The maximum Gasteiger partial charge on any atom is 0.0249 e. The topological polar surface area (TPSA) is 0 Å². The summed E-state index contributed by atoms with van der Waals surface area (Å²) in [4.78, 5) is 0. The summed E-state index contributed by atoms with van der Waals surface area (Å²) < 4.78 is 0. The van der Waals surface area contributed by atoms with E-state index in [2.05, 4.69) is 123 Å². The Hall–Kier alpha value is -3.56. The molecule has 0 heteroatoms. The average Bonchev–Trinajstić information content (AvgIpc) is 3.16. The van der Waals surface area contributed by atoms with Crippen LogP contribution in [0.2, 0.25) is 0 Å². The lowest BCUT2D eigenvalue weighted by molar-refractivity contribution is 0.556. The zero-order chi connectivity index (χ0) is 34.9. The molecule has 0 bridgehead atoms. The Kier molecular flexibility index (Phi) is 19.3. The minimum Gasteiger partial charge on any atom is -0.0654 e. The van der Waals surface area contributed by atoms with Gasteiger partial charge >= 0.3 is 0 Å². The third-order valence-electron chi connectivity index (χ3n) is 10.3. The monoisotopic (exact) mass is 667 g/mol. The molecule has 0 radical (unpaired) electrons. The van der Waals surface area contributed by atoms with E-state index >= 15 is 0 Å². The maximum atomic E-state index is 3.36. The number of aryl methyl sites for hydroxylation is 2. The van der Waals surface area contributed by atoms with Crippen LogP contribution in [-0.4, -0.2) is 0 Å². The molecule has 0 aliphatic heterocycles. The zero-order valence-corrected chi connectivity index (χ0v) is 31.8. The highest BCUT2D eigenvalue weighted by atomic mass is 14.1. The molecule has 4 rings (SSSR count). The lowest BCUT2D eigenvalue weighted by Gasteiger charge is -2.06. The summed E-state index contributed by atoms with van der Waals surface area (Å²) in [6.07, 6.45) is 30.2. The van der Waals surface area contributed by atoms with Gasteiger partial charge in [-0.05, 0) is 83.3 Å². The van der Waals surface area contributed by atoms with Gasteiger partial charge in [0, 0.05) is 11.1 Å². The Morgan fingerprint density at radius 3 is 0.800 bits per heavy atom. The molecule has 0 atom stereocenters. The quantitative estimate of drug-likeness (QED) is 0.0516. The third-order valence-corrected chi connectivity index (χ3v) is 10.3. The number of rotatable bonds is 24. The van der Waals surface area contributed by atoms with Gasteiger partial charge < -0.3 is 0 Å². The lowest BCUT2D eigenvalue weighted by Crippen LogP contribution is -1.88. The van der Waals surface area contributed by atoms with Crippen molar-refractivity contribution in [1.29, 1.82) is 0 Å². The molecule has 0 unspecified atom stereocenters. The number of hydrogen-bond acceptors (Lipinski definition) is 0. The van der Waals surface area contributed by atoms with E-state index < -0.39 is 0 Å². The van der Waals surface area contributed by atoms with Gasteiger partial charge in [-0.1, -0.05) is 214 Å². The van der Waals surface area contributed by atoms with Crippen LogP contribution in [0, 0.1) is 11.8 Å². The smallest absolute Gasteiger partial charge is 0.0249 e. The first-order valence-electron chi connectivity index (χ1n) is 20.7. The van der Waals surface area contributed by atoms with Crippen LogP contribution in [0.4, 0.5) is 0 Å². The minimum absolute atomic E-state index is 1.05. The van der Waals surface area contributed by atoms with Crippen molar-refractivity contribution in [3.05, 3.63) is 119 Å². The van der Waals surface area contributed by atoms with E-state index in [9.17, 15) is 0 Å². The zero-order valence-electron chi connectivity index (χ0n) is 31.8. The number of benzene rings is 4. The van der Waals surface area contributed by atoms with Crippen LogP contribution < -0.4 is 0 Å². The molecule has 0 aliphatic rings. The number of hydrogen-bond donors (Lipinski definition) is 0. The van der Waals surface area contributed by atoms with Gasteiger partial charge in [0.1, 0.15) is 0 Å². The molecule has 50 heavy (non-hydrogen) atoms. The maximum absolute atomic E-state index is 3.36. The van der Waals surface area contributed by atoms with Gasteiger partial charge in [0.2, 0.25) is 0 Å². The molecule has 0 saturated carbocycles. The van der Waals surface area contributed by atoms with Crippen molar-refractivity contribution in [2.45, 2.75) is 155 Å². The summed E-state index contributed by atoms with van der Waals surface area (Å²) in [6, 6.07) is 35.7. The summed E-state index contributed by atoms with van der Waals surface area (Å²) in [5.41, 5.74) is 10.1. The molecule has 0 fully saturated rings. The molecular weight excluding hydrogens is 601 g/mol. The van der Waals surface area contributed by atoms with E-state index in [4.69, 9.17) is 0 Å². The van der Waals surface area contributed by atoms with Crippen LogP contribution in [0.3, 0.4) is 0 Å². The van der Waals surface area contributed by atoms with Crippen molar-refractivity contribution >= 4 is 0 Å². The van der Waals surface area contributed by atoms with Crippen LogP contribution in [0.15, 0.2) is 97.1 Å². The van der Waals surface area contributed by atoms with Crippen molar-refractivity contribution in [2.24, 2.45) is 0 Å². The highest BCUT2D eigenvalue weighted by molar-refractivity contribution is 5.66. The predicted octanol–water partition coefficient (Wildman–Crippen LogP) is 15.3. The summed E-state index contributed by atoms with van der Waals surface area (Å²) in [5.74, 6) is 6.73. The molecule has 0 heterocycles. The SMILES string of the molecule is CCCCCCCCCCCCc1ccc(-c2ccc(C#Cc3ccc(-c4ccc(CCCCCCCCCCCC)cc4)cc3)cc2)cc1. The van der Waals surface area contributed by atoms with E-state index in [0.29, 0.717) is 0 Å². The van der Waals surface area contributed by atoms with E-state index in [0.717, 1.165) is 11.1 Å². The van der Waals surface area contributed by atoms with Gasteiger partial charge in [-0.2, -0.15) is 0 Å². The van der Waals surface area contributed by atoms with Gasteiger partial charge in [-0.3, -0.25) is 0 Å². The van der Waals surface area contributed by atoms with Crippen molar-refractivity contribution < 1.29 is 0 Å². The van der Waals surface area contributed by atoms with E-state index in [1.165, 1.54) is 175 Å². The van der Waals surface area contributed by atoms with Crippen molar-refractivity contribution in [3.63, 3.8) is 0 Å². The molecule has 0 nitrogen and oxygen atoms in total. The van der Waals surface area contributed by atoms with E-state index in [-0.39, 0.29) is 0 Å². The molecular formula is C50H66. The largest absolute Gasteiger partial charge is 0.0654 e. The van der Waals surface area contributed by atoms with Crippen LogP contribution in [0.5, 0.6) is 0 Å². The van der Waals surface area contributed by atoms with Gasteiger partial charge in [0.05, 0.1) is 0 Å². The minimum atomic E-state index is 1.05. The van der Waals surface area contributed by atoms with Gasteiger partial charge in [0.15, 0.2) is 0 Å². The van der Waals surface area contributed by atoms with Crippen LogP contribution >= 0.6 is 0 Å². The highest BCUT2D eigenvalue weighted by Crippen LogP contribution is 2.23.